The summed E-state index contributed by atoms with van der Waals surface area (Å²) in [5.41, 5.74) is 0. The number of carboxylic acid groups (broad SMARTS) is 1. The van der Waals surface area contributed by atoms with Crippen LogP contribution in [0, 0.1) is 5.92 Å². The van der Waals surface area contributed by atoms with Gasteiger partial charge in [0, 0.05) is 34.2 Å². The molecule has 0 radical (unpaired) electrons. The van der Waals surface area contributed by atoms with Gasteiger partial charge in [-0.05, 0) is 41.4 Å². The quantitative estimate of drug-likeness (QED) is 0.839. The third-order valence-corrected chi connectivity index (χ3v) is 4.27. The molecular formula is C12H18BrNO2S. The van der Waals surface area contributed by atoms with Crippen LogP contribution in [-0.2, 0) is 11.2 Å². The number of likely N-dealkylation sites (N-methyl/N-ethyl adjacent to an activating group) is 1. The van der Waals surface area contributed by atoms with Gasteiger partial charge in [-0.2, -0.15) is 0 Å². The summed E-state index contributed by atoms with van der Waals surface area (Å²) in [7, 11) is 2.04. The van der Waals surface area contributed by atoms with Gasteiger partial charge in [0.05, 0.1) is 0 Å². The second-order valence-electron chi connectivity index (χ2n) is 4.45. The van der Waals surface area contributed by atoms with Gasteiger partial charge in [0.2, 0.25) is 0 Å². The number of thiophene rings is 1. The molecular weight excluding hydrogens is 302 g/mol. The average molecular weight is 320 g/mol. The van der Waals surface area contributed by atoms with Crippen molar-refractivity contribution in [2.24, 2.45) is 5.92 Å². The van der Waals surface area contributed by atoms with E-state index in [9.17, 15) is 4.79 Å². The fraction of sp³-hybridized carbons (Fsp3) is 0.583. The average Bonchev–Trinajstić information content (AvgIpc) is 2.59. The molecule has 3 nitrogen and oxygen atoms in total. The minimum absolute atomic E-state index is 0.201. The van der Waals surface area contributed by atoms with Crippen molar-refractivity contribution in [2.45, 2.75) is 19.8 Å². The summed E-state index contributed by atoms with van der Waals surface area (Å²) in [6.07, 6.45) is 1.27. The Morgan fingerprint density at radius 3 is 2.88 bits per heavy atom. The number of carbonyl (C=O) groups is 1. The Morgan fingerprint density at radius 2 is 2.35 bits per heavy atom. The van der Waals surface area contributed by atoms with Gasteiger partial charge in [-0.3, -0.25) is 4.79 Å². The van der Waals surface area contributed by atoms with Gasteiger partial charge in [-0.25, -0.2) is 0 Å². The highest BCUT2D eigenvalue weighted by Gasteiger charge is 2.10. The minimum atomic E-state index is -0.715. The predicted molar refractivity (Wildman–Crippen MR) is 74.6 cm³/mol. The molecule has 0 aliphatic heterocycles. The van der Waals surface area contributed by atoms with Crippen molar-refractivity contribution in [3.8, 4) is 0 Å². The molecule has 1 N–H and O–H groups in total. The normalized spacial score (nSPS) is 12.9. The largest absolute Gasteiger partial charge is 0.481 e. The van der Waals surface area contributed by atoms with Crippen molar-refractivity contribution in [3.05, 3.63) is 20.8 Å². The molecule has 0 aliphatic carbocycles. The number of aliphatic carboxylic acids is 1. The van der Waals surface area contributed by atoms with E-state index in [-0.39, 0.29) is 12.3 Å². The van der Waals surface area contributed by atoms with Crippen molar-refractivity contribution in [1.82, 2.24) is 4.90 Å². The van der Waals surface area contributed by atoms with Gasteiger partial charge in [0.1, 0.15) is 0 Å². The number of rotatable bonds is 7. The Labute approximate surface area is 115 Å². The SMILES string of the molecule is CC(CC(=O)O)CN(C)CCc1cc(Br)cs1. The van der Waals surface area contributed by atoms with Crippen LogP contribution in [0.2, 0.25) is 0 Å². The standard InChI is InChI=1S/C12H18BrNO2S/c1-9(5-12(15)16)7-14(2)4-3-11-6-10(13)8-17-11/h6,8-9H,3-5,7H2,1-2H3,(H,15,16). The molecule has 1 heterocycles. The minimum Gasteiger partial charge on any atom is -0.481 e. The predicted octanol–water partition coefficient (Wildman–Crippen LogP) is 3.10. The van der Waals surface area contributed by atoms with Crippen LogP contribution in [0.1, 0.15) is 18.2 Å². The number of carboxylic acids is 1. The summed E-state index contributed by atoms with van der Waals surface area (Å²) in [5.74, 6) is -0.513. The lowest BCUT2D eigenvalue weighted by Gasteiger charge is -2.19. The molecule has 0 aromatic carbocycles. The van der Waals surface area contributed by atoms with Gasteiger partial charge in [-0.1, -0.05) is 6.92 Å². The van der Waals surface area contributed by atoms with E-state index < -0.39 is 5.97 Å². The third kappa shape index (κ3) is 6.19. The summed E-state index contributed by atoms with van der Waals surface area (Å²) >= 11 is 5.19. The zero-order chi connectivity index (χ0) is 12.8. The van der Waals surface area contributed by atoms with Crippen LogP contribution in [0.25, 0.3) is 0 Å². The Balaban J connectivity index is 2.25. The fourth-order valence-corrected chi connectivity index (χ4v) is 3.22. The zero-order valence-electron chi connectivity index (χ0n) is 10.1. The Morgan fingerprint density at radius 1 is 1.65 bits per heavy atom. The molecule has 0 bridgehead atoms. The van der Waals surface area contributed by atoms with E-state index in [1.54, 1.807) is 11.3 Å². The smallest absolute Gasteiger partial charge is 0.303 e. The van der Waals surface area contributed by atoms with Crippen LogP contribution in [0.15, 0.2) is 15.9 Å². The van der Waals surface area contributed by atoms with Gasteiger partial charge in [0.15, 0.2) is 0 Å². The topological polar surface area (TPSA) is 40.5 Å². The summed E-state index contributed by atoms with van der Waals surface area (Å²) in [5, 5.41) is 10.8. The number of hydrogen-bond donors (Lipinski definition) is 1. The summed E-state index contributed by atoms with van der Waals surface area (Å²) < 4.78 is 1.14. The molecule has 17 heavy (non-hydrogen) atoms. The number of nitrogens with zero attached hydrogens (tertiary/aromatic N) is 1. The molecule has 0 spiro atoms. The van der Waals surface area contributed by atoms with E-state index in [1.807, 2.05) is 14.0 Å². The maximum absolute atomic E-state index is 10.6. The van der Waals surface area contributed by atoms with Crippen LogP contribution in [-0.4, -0.2) is 36.1 Å². The van der Waals surface area contributed by atoms with Gasteiger partial charge in [0.25, 0.3) is 0 Å². The second kappa shape index (κ2) is 7.13. The molecule has 1 rings (SSSR count). The molecule has 0 amide bonds. The van der Waals surface area contributed by atoms with E-state index in [4.69, 9.17) is 5.11 Å². The van der Waals surface area contributed by atoms with Gasteiger partial charge < -0.3 is 10.0 Å². The Hall–Kier alpha value is -0.390. The van der Waals surface area contributed by atoms with E-state index >= 15 is 0 Å². The molecule has 1 unspecified atom stereocenters. The fourth-order valence-electron chi connectivity index (χ4n) is 1.77. The van der Waals surface area contributed by atoms with Crippen molar-refractivity contribution >= 4 is 33.2 Å². The monoisotopic (exact) mass is 319 g/mol. The lowest BCUT2D eigenvalue weighted by molar-refractivity contribution is -0.138. The first-order chi connectivity index (χ1) is 7.97. The van der Waals surface area contributed by atoms with Crippen LogP contribution in [0.4, 0.5) is 0 Å². The highest BCUT2D eigenvalue weighted by atomic mass is 79.9. The van der Waals surface area contributed by atoms with Crippen molar-refractivity contribution in [1.29, 1.82) is 0 Å². The molecule has 1 aromatic rings. The van der Waals surface area contributed by atoms with Gasteiger partial charge >= 0.3 is 5.97 Å². The molecule has 0 aliphatic rings. The molecule has 5 heteroatoms. The van der Waals surface area contributed by atoms with Crippen LogP contribution in [0.5, 0.6) is 0 Å². The van der Waals surface area contributed by atoms with Crippen LogP contribution >= 0.6 is 27.3 Å². The highest BCUT2D eigenvalue weighted by molar-refractivity contribution is 9.10. The molecule has 1 atom stereocenters. The Bertz CT molecular complexity index is 367. The second-order valence-corrected chi connectivity index (χ2v) is 6.36. The number of halogens is 1. The molecule has 96 valence electrons. The summed E-state index contributed by atoms with van der Waals surface area (Å²) in [4.78, 5) is 14.1. The zero-order valence-corrected chi connectivity index (χ0v) is 12.6. The first kappa shape index (κ1) is 14.7. The van der Waals surface area contributed by atoms with Crippen molar-refractivity contribution in [3.63, 3.8) is 0 Å². The molecule has 0 fully saturated rings. The van der Waals surface area contributed by atoms with Gasteiger partial charge in [-0.15, -0.1) is 11.3 Å². The first-order valence-corrected chi connectivity index (χ1v) is 7.28. The first-order valence-electron chi connectivity index (χ1n) is 5.60. The van der Waals surface area contributed by atoms with E-state index in [0.717, 1.165) is 24.0 Å². The molecule has 0 saturated heterocycles. The maximum Gasteiger partial charge on any atom is 0.303 e. The van der Waals surface area contributed by atoms with Crippen LogP contribution in [0.3, 0.4) is 0 Å². The molecule has 1 aromatic heterocycles. The van der Waals surface area contributed by atoms with Crippen molar-refractivity contribution < 1.29 is 9.90 Å². The lowest BCUT2D eigenvalue weighted by atomic mass is 10.1. The summed E-state index contributed by atoms with van der Waals surface area (Å²) in [6, 6.07) is 2.14. The number of hydrogen-bond acceptors (Lipinski definition) is 3. The highest BCUT2D eigenvalue weighted by Crippen LogP contribution is 2.20. The lowest BCUT2D eigenvalue weighted by Crippen LogP contribution is -2.27. The van der Waals surface area contributed by atoms with Crippen LogP contribution < -0.4 is 0 Å². The van der Waals surface area contributed by atoms with E-state index in [1.165, 1.54) is 4.88 Å². The van der Waals surface area contributed by atoms with Crippen molar-refractivity contribution in [2.75, 3.05) is 20.1 Å². The molecule has 0 saturated carbocycles. The van der Waals surface area contributed by atoms with E-state index in [0.29, 0.717) is 0 Å². The Kier molecular flexibility index (Phi) is 6.16. The maximum atomic E-state index is 10.6. The van der Waals surface area contributed by atoms with E-state index in [2.05, 4.69) is 32.3 Å². The third-order valence-electron chi connectivity index (χ3n) is 2.51. The summed E-state index contributed by atoms with van der Waals surface area (Å²) in [6.45, 7) is 3.78.